The van der Waals surface area contributed by atoms with Gasteiger partial charge in [0.05, 0.1) is 51.8 Å². The van der Waals surface area contributed by atoms with Crippen molar-refractivity contribution in [3.05, 3.63) is 65.9 Å². The van der Waals surface area contributed by atoms with Crippen LogP contribution >= 0.6 is 0 Å². The molecule has 0 spiro atoms. The van der Waals surface area contributed by atoms with Crippen LogP contribution in [0.5, 0.6) is 0 Å². The van der Waals surface area contributed by atoms with E-state index in [-0.39, 0.29) is 25.1 Å². The molecule has 1 aliphatic heterocycles. The molecule has 13 atom stereocenters. The Hall–Kier alpha value is -12.7. The van der Waals surface area contributed by atoms with Gasteiger partial charge in [0, 0.05) is 40.7 Å². The number of carboxylic acids is 4. The number of anilines is 1. The lowest BCUT2D eigenvalue weighted by Crippen LogP contribution is -2.62. The number of aliphatic hydroxyl groups excluding tert-OH is 1. The summed E-state index contributed by atoms with van der Waals surface area (Å²) in [6.07, 6.45) is -0.630. The Morgan fingerprint density at radius 3 is 1.72 bits per heavy atom. The number of amides is 14. The molecule has 2 heterocycles. The highest BCUT2D eigenvalue weighted by atomic mass is 16.5. The van der Waals surface area contributed by atoms with E-state index in [0.717, 1.165) is 71.4 Å². The van der Waals surface area contributed by atoms with Crippen molar-refractivity contribution >= 4 is 135 Å². The first-order valence-electron chi connectivity index (χ1n) is 37.3. The highest BCUT2D eigenvalue weighted by Gasteiger charge is 2.43. The lowest BCUT2D eigenvalue weighted by atomic mass is 9.79. The van der Waals surface area contributed by atoms with Crippen LogP contribution in [-0.4, -0.2) is 248 Å². The molecule has 634 valence electrons. The number of aromatic amines is 1. The smallest absolute Gasteiger partial charge is 0.337 e. The van der Waals surface area contributed by atoms with Gasteiger partial charge in [0.15, 0.2) is 11.8 Å². The van der Waals surface area contributed by atoms with Crippen molar-refractivity contribution in [3.8, 4) is 0 Å². The van der Waals surface area contributed by atoms with Crippen molar-refractivity contribution in [2.45, 2.75) is 203 Å². The topological polar surface area (TPSA) is 702 Å². The number of carbonyl (C=O) groups excluding carboxylic acids is 16. The number of ether oxygens (including phenoxy) is 1. The van der Waals surface area contributed by atoms with Crippen LogP contribution in [-0.2, 0) is 102 Å². The number of benzene rings is 2. The Balaban J connectivity index is 1.60. The van der Waals surface area contributed by atoms with E-state index in [2.05, 4.69) is 59.8 Å². The molecule has 43 nitrogen and oxygen atoms in total. The summed E-state index contributed by atoms with van der Waals surface area (Å²) in [6, 6.07) is -11.5. The molecule has 2 fully saturated rings. The first-order valence-corrected chi connectivity index (χ1v) is 37.3. The number of fused-ring (bicyclic) bond motifs is 1. The van der Waals surface area contributed by atoms with Crippen LogP contribution in [0.1, 0.15) is 140 Å². The number of nitrogens with two attached hydrogens (primary N) is 3. The van der Waals surface area contributed by atoms with E-state index in [1.807, 2.05) is 21.3 Å². The number of carbonyl (C=O) groups is 20. The monoisotopic (exact) mass is 1630 g/mol. The Labute approximate surface area is 662 Å². The number of ketones is 1. The first-order chi connectivity index (χ1) is 54.8. The molecule has 1 saturated heterocycles. The van der Waals surface area contributed by atoms with Gasteiger partial charge in [0.25, 0.3) is 0 Å². The number of rotatable bonds is 31. The van der Waals surface area contributed by atoms with Crippen molar-refractivity contribution in [2.75, 3.05) is 32.0 Å². The predicted molar refractivity (Wildman–Crippen MR) is 403 cm³/mol. The number of H-pyrrole nitrogens is 1. The van der Waals surface area contributed by atoms with E-state index >= 15 is 0 Å². The third-order valence-corrected chi connectivity index (χ3v) is 19.0. The zero-order chi connectivity index (χ0) is 86.2. The van der Waals surface area contributed by atoms with E-state index in [4.69, 9.17) is 21.9 Å². The van der Waals surface area contributed by atoms with Gasteiger partial charge in [-0.1, -0.05) is 69.9 Å². The molecule has 1 aliphatic carbocycles. The molecule has 0 radical (unpaired) electrons. The van der Waals surface area contributed by atoms with Gasteiger partial charge in [-0.25, -0.2) is 4.79 Å². The summed E-state index contributed by atoms with van der Waals surface area (Å²) in [5.41, 5.74) is 17.7. The molecule has 1 unspecified atom stereocenters. The van der Waals surface area contributed by atoms with Gasteiger partial charge >= 0.3 is 29.8 Å². The Morgan fingerprint density at radius 1 is 0.569 bits per heavy atom. The number of nitrogens with one attached hydrogen (secondary N) is 14. The quantitative estimate of drug-likeness (QED) is 0.00938. The normalized spacial score (nSPS) is 23.2. The van der Waals surface area contributed by atoms with Crippen molar-refractivity contribution in [1.29, 1.82) is 0 Å². The molecule has 3 aromatic rings. The molecule has 116 heavy (non-hydrogen) atoms. The zero-order valence-corrected chi connectivity index (χ0v) is 64.0. The van der Waals surface area contributed by atoms with Crippen LogP contribution in [0.25, 0.3) is 10.9 Å². The fraction of sp³-hybridized carbons (Fsp3) is 0.534. The first kappa shape index (κ1) is 93.9. The predicted octanol–water partition coefficient (Wildman–Crippen LogP) is -5.77. The molecule has 0 bridgehead atoms. The number of esters is 1. The average Bonchev–Trinajstić information content (AvgIpc) is 1.51. The number of carboxylic acid groups (broad SMARTS) is 4. The average molecular weight is 1630 g/mol. The summed E-state index contributed by atoms with van der Waals surface area (Å²) in [6.45, 7) is 1.04. The van der Waals surface area contributed by atoms with Gasteiger partial charge in [-0.15, -0.1) is 0 Å². The minimum Gasteiger partial charge on any atom is -0.481 e. The van der Waals surface area contributed by atoms with Crippen LogP contribution in [0.2, 0.25) is 0 Å². The maximum absolute atomic E-state index is 14.9. The molecule has 1 saturated carbocycles. The molecule has 2 aromatic carbocycles. The Morgan fingerprint density at radius 2 is 1.13 bits per heavy atom. The van der Waals surface area contributed by atoms with Crippen LogP contribution in [0.15, 0.2) is 54.7 Å². The van der Waals surface area contributed by atoms with E-state index in [1.54, 1.807) is 30.5 Å². The second-order valence-corrected chi connectivity index (χ2v) is 28.1. The summed E-state index contributed by atoms with van der Waals surface area (Å²) in [5.74, 6) is -30.6. The molecule has 43 heteroatoms. The lowest BCUT2D eigenvalue weighted by Gasteiger charge is -2.30. The fourth-order valence-corrected chi connectivity index (χ4v) is 12.7. The second-order valence-electron chi connectivity index (χ2n) is 28.1. The number of aromatic nitrogens is 1. The minimum absolute atomic E-state index is 0.0978. The van der Waals surface area contributed by atoms with Crippen molar-refractivity contribution < 1.29 is 126 Å². The van der Waals surface area contributed by atoms with Gasteiger partial charge in [0.2, 0.25) is 82.7 Å². The molecule has 5 rings (SSSR count). The van der Waals surface area contributed by atoms with E-state index < -0.39 is 267 Å². The zero-order valence-electron chi connectivity index (χ0n) is 64.0. The number of aliphatic carboxylic acids is 4. The molecular weight excluding hydrogens is 1530 g/mol. The largest absolute Gasteiger partial charge is 0.481 e. The van der Waals surface area contributed by atoms with Gasteiger partial charge in [0.1, 0.15) is 66.5 Å². The number of Topliss-reactive ketones (excluding diaryl/α,β-unsaturated/α-hetero) is 1. The van der Waals surface area contributed by atoms with E-state index in [9.17, 15) is 121 Å². The maximum Gasteiger partial charge on any atom is 0.337 e. The summed E-state index contributed by atoms with van der Waals surface area (Å²) in [5, 5.41) is 78.7. The van der Waals surface area contributed by atoms with Crippen LogP contribution < -0.4 is 86.3 Å². The Bertz CT molecular complexity index is 4130. The Kier molecular flexibility index (Phi) is 37.1. The fourth-order valence-electron chi connectivity index (χ4n) is 12.7. The van der Waals surface area contributed by atoms with Crippen molar-refractivity contribution in [2.24, 2.45) is 29.2 Å². The molecular formula is C73H101N17O26. The third kappa shape index (κ3) is 29.7. The van der Waals surface area contributed by atoms with Gasteiger partial charge in [-0.3, -0.25) is 91.1 Å². The number of hydrogen-bond donors (Lipinski definition) is 22. The number of unbranched alkanes of at least 4 members (excludes halogenated alkanes) is 2. The molecule has 2 aliphatic rings. The number of para-hydroxylation sites is 2. The van der Waals surface area contributed by atoms with Crippen molar-refractivity contribution in [3.63, 3.8) is 0 Å². The van der Waals surface area contributed by atoms with Gasteiger partial charge in [-0.05, 0) is 94.5 Å². The van der Waals surface area contributed by atoms with Crippen LogP contribution in [0, 0.1) is 17.8 Å². The SMILES string of the molecule is CCCCCC1CCC(C(=O)N[C@@H](Cc2c[nH]c3ccccc23)C(=O)N[C@H](CC(N)=O)C(=O)N[C@@H](CC(=O)O)C(=O)N[C@@H]2C(=O)NCC(=O)N[C@@H](CCCN)C(=O)N[C@@H](CC(=O)O)C(=O)N[C@H](C)C(=O)N[C@@H](CC(=O)O)C(=O)NCC(=O)N[C@H](CO)C(=O)N[C@@H]([C@H](C)CC(=O)O)C(=O)NC(C(=O)c3ccccc3N)C(=O)O[C@@H]2C)CC1. The number of cyclic esters (lactones) is 1. The second kappa shape index (κ2) is 45.9. The summed E-state index contributed by atoms with van der Waals surface area (Å²) >= 11 is 0. The lowest BCUT2D eigenvalue weighted by molar-refractivity contribution is -0.155. The number of nitrogen functional groups attached to an aromatic ring is 1. The third-order valence-electron chi connectivity index (χ3n) is 19.0. The van der Waals surface area contributed by atoms with Crippen molar-refractivity contribution in [1.82, 2.24) is 74.1 Å². The molecule has 14 amide bonds. The molecule has 25 N–H and O–H groups in total. The summed E-state index contributed by atoms with van der Waals surface area (Å²) in [7, 11) is 0. The standard InChI is InChI=1S/C73H101N17O26/c1-5-6-7-13-37-19-21-38(22-20-37)63(105)84-45(25-39-30-77-43-17-11-9-14-40(39)43)67(109)85-46(26-51(76)92)68(110)87-49(29-57(101)102)69(111)89-59-36(4)116-73(115)60(61(103)41-15-8-10-16-42(41)75)90-72(114)58(34(2)24-54(95)96)88-70(112)50(33-91)82-53(94)31-78-64(106)47(27-55(97)98)83-62(104)35(3)80-66(108)48(28-56(99)100)86-65(107)44(18-12-23-74)81-52(93)32-79-71(59)113/h8-11,14-17,30,34-38,44-50,58-60,77,91H,5-7,12-13,18-29,31-33,74-75H2,1-4H3,(H2,76,92)(H,78,106)(H,79,113)(H,80,108)(H,81,93)(H,82,94)(H,83,104)(H,84,105)(H,85,109)(H,86,107)(H,87,110)(H,88,112)(H,89,111)(H,90,114)(H,95,96)(H,97,98)(H,99,100)(H,101,102)/t34-,35-,36-,37?,38?,44+,45+,46-,47+,48+,49+,50-,58+,59+,60?/m1/s1. The highest BCUT2D eigenvalue weighted by molar-refractivity contribution is 6.16. The van der Waals surface area contributed by atoms with E-state index in [0.29, 0.717) is 35.2 Å². The summed E-state index contributed by atoms with van der Waals surface area (Å²) < 4.78 is 5.63. The maximum atomic E-state index is 14.9. The minimum atomic E-state index is -2.71. The van der Waals surface area contributed by atoms with Gasteiger partial charge in [-0.2, -0.15) is 0 Å². The number of aliphatic hydroxyl groups is 1. The summed E-state index contributed by atoms with van der Waals surface area (Å²) in [4.78, 5) is 278. The van der Waals surface area contributed by atoms with Gasteiger partial charge < -0.3 is 122 Å². The van der Waals surface area contributed by atoms with Crippen LogP contribution in [0.4, 0.5) is 5.69 Å². The number of primary amides is 1. The van der Waals surface area contributed by atoms with Crippen LogP contribution in [0.3, 0.4) is 0 Å². The highest BCUT2D eigenvalue weighted by Crippen LogP contribution is 2.33. The number of hydrogen-bond acceptors (Lipinski definition) is 24. The van der Waals surface area contributed by atoms with E-state index in [1.165, 1.54) is 12.1 Å². The molecule has 1 aromatic heterocycles.